The molecule has 0 saturated carbocycles. The molecule has 0 aromatic rings. The second-order valence-electron chi connectivity index (χ2n) is 4.69. The molecule has 0 spiro atoms. The molecule has 120 valence electrons. The first-order valence-electron chi connectivity index (χ1n) is 6.69. The third kappa shape index (κ3) is 7.94. The average Bonchev–Trinajstić information content (AvgIpc) is 2.41. The third-order valence-electron chi connectivity index (χ3n) is 3.12. The number of alkyl halides is 2. The first-order valence-corrected chi connectivity index (χ1v) is 6.69. The Balaban J connectivity index is 0.00000361. The van der Waals surface area contributed by atoms with Crippen molar-refractivity contribution in [3.8, 4) is 0 Å². The van der Waals surface area contributed by atoms with Crippen LogP contribution in [0.4, 0.5) is 8.78 Å². The number of likely N-dealkylation sites (tertiary alicyclic amines) is 1. The Kier molecular flexibility index (Phi) is 10.9. The number of hydrogen-bond acceptors (Lipinski definition) is 4. The fraction of sp³-hybridized carbons (Fsp3) is 0.917. The summed E-state index contributed by atoms with van der Waals surface area (Å²) in [4.78, 5) is 13.9. The number of piperidine rings is 1. The number of carbonyl (C=O) groups is 1. The lowest BCUT2D eigenvalue weighted by molar-refractivity contribution is -0.126. The van der Waals surface area contributed by atoms with E-state index < -0.39 is 13.0 Å². The molecule has 5 nitrogen and oxygen atoms in total. The molecule has 1 saturated heterocycles. The van der Waals surface area contributed by atoms with Gasteiger partial charge in [-0.2, -0.15) is 0 Å². The molecule has 0 aromatic carbocycles. The highest BCUT2D eigenvalue weighted by Gasteiger charge is 2.25. The minimum Gasteiger partial charge on any atom is -0.374 e. The summed E-state index contributed by atoms with van der Waals surface area (Å²) in [6.45, 7) is 2.83. The summed E-state index contributed by atoms with van der Waals surface area (Å²) in [6.07, 6.45) is -0.614. The summed E-state index contributed by atoms with van der Waals surface area (Å²) in [7, 11) is 0. The molecule has 0 aliphatic carbocycles. The van der Waals surface area contributed by atoms with Crippen LogP contribution in [0.2, 0.25) is 0 Å². The van der Waals surface area contributed by atoms with E-state index in [2.05, 4.69) is 10.2 Å². The maximum Gasteiger partial charge on any atom is 0.261 e. The first-order chi connectivity index (χ1) is 9.13. The number of nitrogens with zero attached hydrogens (tertiary/aromatic N) is 1. The van der Waals surface area contributed by atoms with Gasteiger partial charge in [-0.3, -0.25) is 4.79 Å². The van der Waals surface area contributed by atoms with Gasteiger partial charge in [0.25, 0.3) is 6.43 Å². The Labute approximate surface area is 124 Å². The van der Waals surface area contributed by atoms with Crippen molar-refractivity contribution >= 4 is 18.3 Å². The highest BCUT2D eigenvalue weighted by molar-refractivity contribution is 5.85. The molecule has 1 unspecified atom stereocenters. The van der Waals surface area contributed by atoms with Gasteiger partial charge in [0.1, 0.15) is 6.61 Å². The van der Waals surface area contributed by atoms with Gasteiger partial charge in [-0.25, -0.2) is 8.78 Å². The summed E-state index contributed by atoms with van der Waals surface area (Å²) >= 11 is 0. The highest BCUT2D eigenvalue weighted by Crippen LogP contribution is 2.16. The standard InChI is InChI=1S/C12H23F2N3O2.ClH/c13-11(14)9-19-7-6-17-5-1-2-10(8-17)12(18)16-4-3-15;/h10-11H,1-9,15H2,(H,16,18);1H. The number of nitrogens with two attached hydrogens (primary N) is 1. The molecule has 1 amide bonds. The zero-order valence-corrected chi connectivity index (χ0v) is 12.3. The van der Waals surface area contributed by atoms with E-state index in [9.17, 15) is 13.6 Å². The van der Waals surface area contributed by atoms with Gasteiger partial charge in [0.05, 0.1) is 12.5 Å². The van der Waals surface area contributed by atoms with Crippen LogP contribution in [0.3, 0.4) is 0 Å². The Morgan fingerprint density at radius 3 is 2.90 bits per heavy atom. The van der Waals surface area contributed by atoms with Gasteiger partial charge >= 0.3 is 0 Å². The topological polar surface area (TPSA) is 67.6 Å². The number of ether oxygens (including phenoxy) is 1. The Hall–Kier alpha value is -0.500. The zero-order chi connectivity index (χ0) is 14.1. The van der Waals surface area contributed by atoms with Crippen LogP contribution in [0.5, 0.6) is 0 Å². The van der Waals surface area contributed by atoms with Crippen LogP contribution in [-0.4, -0.2) is 63.2 Å². The van der Waals surface area contributed by atoms with Gasteiger partial charge in [0.2, 0.25) is 5.91 Å². The predicted molar refractivity (Wildman–Crippen MR) is 75.3 cm³/mol. The molecule has 1 atom stereocenters. The minimum absolute atomic E-state index is 0. The number of amides is 1. The van der Waals surface area contributed by atoms with Gasteiger partial charge in [-0.1, -0.05) is 0 Å². The van der Waals surface area contributed by atoms with Gasteiger partial charge in [0.15, 0.2) is 0 Å². The van der Waals surface area contributed by atoms with E-state index >= 15 is 0 Å². The molecule has 0 bridgehead atoms. The molecule has 1 rings (SSSR count). The number of halogens is 3. The van der Waals surface area contributed by atoms with Crippen molar-refractivity contribution in [3.05, 3.63) is 0 Å². The number of hydrogen-bond donors (Lipinski definition) is 2. The Bertz CT molecular complexity index is 273. The molecular weight excluding hydrogens is 292 g/mol. The van der Waals surface area contributed by atoms with E-state index in [-0.39, 0.29) is 30.8 Å². The molecule has 1 aliphatic rings. The van der Waals surface area contributed by atoms with E-state index in [0.29, 0.717) is 26.2 Å². The van der Waals surface area contributed by atoms with Gasteiger partial charge in [-0.05, 0) is 19.4 Å². The van der Waals surface area contributed by atoms with E-state index in [1.54, 1.807) is 0 Å². The highest BCUT2D eigenvalue weighted by atomic mass is 35.5. The van der Waals surface area contributed by atoms with Crippen LogP contribution in [0, 0.1) is 5.92 Å². The van der Waals surface area contributed by atoms with Crippen LogP contribution >= 0.6 is 12.4 Å². The lowest BCUT2D eigenvalue weighted by atomic mass is 9.97. The lowest BCUT2D eigenvalue weighted by Crippen LogP contribution is -2.44. The second kappa shape index (κ2) is 11.2. The van der Waals surface area contributed by atoms with Crippen LogP contribution in [-0.2, 0) is 9.53 Å². The number of nitrogens with one attached hydrogen (secondary N) is 1. The smallest absolute Gasteiger partial charge is 0.261 e. The maximum atomic E-state index is 11.9. The van der Waals surface area contributed by atoms with Crippen molar-refractivity contribution in [1.29, 1.82) is 0 Å². The van der Waals surface area contributed by atoms with Crippen molar-refractivity contribution in [2.75, 3.05) is 45.9 Å². The molecule has 0 aromatic heterocycles. The van der Waals surface area contributed by atoms with Gasteiger partial charge in [-0.15, -0.1) is 12.4 Å². The average molecular weight is 316 g/mol. The predicted octanol–water partition coefficient (Wildman–Crippen LogP) is 0.477. The molecule has 1 fully saturated rings. The second-order valence-corrected chi connectivity index (χ2v) is 4.69. The van der Waals surface area contributed by atoms with E-state index in [4.69, 9.17) is 10.5 Å². The van der Waals surface area contributed by atoms with Crippen molar-refractivity contribution < 1.29 is 18.3 Å². The third-order valence-corrected chi connectivity index (χ3v) is 3.12. The normalized spacial score (nSPS) is 19.7. The van der Waals surface area contributed by atoms with Crippen molar-refractivity contribution in [3.63, 3.8) is 0 Å². The lowest BCUT2D eigenvalue weighted by Gasteiger charge is -2.31. The van der Waals surface area contributed by atoms with Crippen LogP contribution < -0.4 is 11.1 Å². The van der Waals surface area contributed by atoms with Crippen molar-refractivity contribution in [2.24, 2.45) is 11.7 Å². The Morgan fingerprint density at radius 2 is 2.25 bits per heavy atom. The zero-order valence-electron chi connectivity index (χ0n) is 11.5. The molecule has 8 heteroatoms. The van der Waals surface area contributed by atoms with Crippen LogP contribution in [0.25, 0.3) is 0 Å². The first kappa shape index (κ1) is 19.5. The summed E-state index contributed by atoms with van der Waals surface area (Å²) < 4.78 is 28.6. The number of carbonyl (C=O) groups excluding carboxylic acids is 1. The summed E-state index contributed by atoms with van der Waals surface area (Å²) in [5.74, 6) is -0.000882. The van der Waals surface area contributed by atoms with Crippen molar-refractivity contribution in [2.45, 2.75) is 19.3 Å². The minimum atomic E-state index is -2.42. The largest absolute Gasteiger partial charge is 0.374 e. The summed E-state index contributed by atoms with van der Waals surface area (Å²) in [6, 6.07) is 0. The molecule has 1 heterocycles. The molecule has 3 N–H and O–H groups in total. The monoisotopic (exact) mass is 315 g/mol. The molecule has 20 heavy (non-hydrogen) atoms. The van der Waals surface area contributed by atoms with Crippen molar-refractivity contribution in [1.82, 2.24) is 10.2 Å². The molecule has 1 aliphatic heterocycles. The van der Waals surface area contributed by atoms with Gasteiger partial charge in [0, 0.05) is 26.2 Å². The van der Waals surface area contributed by atoms with E-state index in [0.717, 1.165) is 19.4 Å². The fourth-order valence-corrected chi connectivity index (χ4v) is 2.18. The molecular formula is C12H24ClF2N3O2. The maximum absolute atomic E-state index is 11.9. The summed E-state index contributed by atoms with van der Waals surface area (Å²) in [5.41, 5.74) is 5.34. The van der Waals surface area contributed by atoms with Crippen LogP contribution in [0.15, 0.2) is 0 Å². The molecule has 0 radical (unpaired) electrons. The van der Waals surface area contributed by atoms with Crippen LogP contribution in [0.1, 0.15) is 12.8 Å². The van der Waals surface area contributed by atoms with E-state index in [1.165, 1.54) is 0 Å². The van der Waals surface area contributed by atoms with E-state index in [1.807, 2.05) is 0 Å². The van der Waals surface area contributed by atoms with Gasteiger partial charge < -0.3 is 20.7 Å². The quantitative estimate of drug-likeness (QED) is 0.639. The summed E-state index contributed by atoms with van der Waals surface area (Å²) in [5, 5.41) is 2.78. The fourth-order valence-electron chi connectivity index (χ4n) is 2.18. The number of rotatable bonds is 8. The Morgan fingerprint density at radius 1 is 1.50 bits per heavy atom. The SMILES string of the molecule is Cl.NCCNC(=O)C1CCCN(CCOCC(F)F)C1.